The Kier molecular flexibility index (Phi) is 6.07. The fourth-order valence-electron chi connectivity index (χ4n) is 2.26. The number of carbonyl (C=O) groups is 1. The van der Waals surface area contributed by atoms with Crippen molar-refractivity contribution < 1.29 is 22.7 Å². The SMILES string of the molecule is CCc1ccc(OC(CC)C(=O)Nc2ccc(C(F)(F)F)cc2)cc1. The molecule has 2 aromatic carbocycles. The van der Waals surface area contributed by atoms with Gasteiger partial charge in [0.15, 0.2) is 6.10 Å². The first-order chi connectivity index (χ1) is 11.8. The van der Waals surface area contributed by atoms with Crippen LogP contribution in [0.4, 0.5) is 18.9 Å². The Morgan fingerprint density at radius 3 is 2.12 bits per heavy atom. The van der Waals surface area contributed by atoms with E-state index in [0.29, 0.717) is 17.9 Å². The molecular weight excluding hydrogens is 331 g/mol. The average Bonchev–Trinajstić information content (AvgIpc) is 2.59. The van der Waals surface area contributed by atoms with Crippen LogP contribution in [0.25, 0.3) is 0 Å². The van der Waals surface area contributed by atoms with Gasteiger partial charge in [-0.25, -0.2) is 0 Å². The maximum atomic E-state index is 12.6. The monoisotopic (exact) mass is 351 g/mol. The van der Waals surface area contributed by atoms with Crippen molar-refractivity contribution in [3.63, 3.8) is 0 Å². The number of ether oxygens (including phenoxy) is 1. The van der Waals surface area contributed by atoms with Crippen LogP contribution in [0.15, 0.2) is 48.5 Å². The van der Waals surface area contributed by atoms with Gasteiger partial charge in [-0.15, -0.1) is 0 Å². The number of nitrogens with one attached hydrogen (secondary N) is 1. The molecule has 0 aliphatic carbocycles. The summed E-state index contributed by atoms with van der Waals surface area (Å²) in [4.78, 5) is 12.3. The van der Waals surface area contributed by atoms with E-state index in [1.54, 1.807) is 19.1 Å². The summed E-state index contributed by atoms with van der Waals surface area (Å²) in [5.41, 5.74) is 0.695. The van der Waals surface area contributed by atoms with Crippen molar-refractivity contribution in [2.45, 2.75) is 39.0 Å². The fourth-order valence-corrected chi connectivity index (χ4v) is 2.26. The highest BCUT2D eigenvalue weighted by atomic mass is 19.4. The second-order valence-electron chi connectivity index (χ2n) is 5.58. The second-order valence-corrected chi connectivity index (χ2v) is 5.58. The molecule has 2 rings (SSSR count). The van der Waals surface area contributed by atoms with Gasteiger partial charge < -0.3 is 10.1 Å². The first-order valence-electron chi connectivity index (χ1n) is 8.07. The van der Waals surface area contributed by atoms with Gasteiger partial charge >= 0.3 is 6.18 Å². The van der Waals surface area contributed by atoms with E-state index in [9.17, 15) is 18.0 Å². The standard InChI is InChI=1S/C19H20F3NO2/c1-3-13-5-11-16(12-6-13)25-17(4-2)18(24)23-15-9-7-14(8-10-15)19(20,21)22/h5-12,17H,3-4H2,1-2H3,(H,23,24). The first-order valence-corrected chi connectivity index (χ1v) is 8.07. The number of hydrogen-bond donors (Lipinski definition) is 1. The van der Waals surface area contributed by atoms with Crippen LogP contribution in [0, 0.1) is 0 Å². The molecule has 0 aliphatic rings. The maximum Gasteiger partial charge on any atom is 0.416 e. The number of amides is 1. The van der Waals surface area contributed by atoms with Gasteiger partial charge in [-0.1, -0.05) is 26.0 Å². The molecule has 25 heavy (non-hydrogen) atoms. The van der Waals surface area contributed by atoms with Gasteiger partial charge in [-0.2, -0.15) is 13.2 Å². The Labute approximate surface area is 144 Å². The van der Waals surface area contributed by atoms with Crippen LogP contribution in [-0.4, -0.2) is 12.0 Å². The summed E-state index contributed by atoms with van der Waals surface area (Å²) in [6.07, 6.45) is -3.79. The van der Waals surface area contributed by atoms with Crippen molar-refractivity contribution in [2.24, 2.45) is 0 Å². The molecule has 0 bridgehead atoms. The average molecular weight is 351 g/mol. The van der Waals surface area contributed by atoms with Gasteiger partial charge in [0.25, 0.3) is 5.91 Å². The molecule has 0 aliphatic heterocycles. The quantitative estimate of drug-likeness (QED) is 0.790. The third kappa shape index (κ3) is 5.24. The number of aryl methyl sites for hydroxylation is 1. The van der Waals surface area contributed by atoms with Gasteiger partial charge in [0.1, 0.15) is 5.75 Å². The molecule has 134 valence electrons. The highest BCUT2D eigenvalue weighted by Crippen LogP contribution is 2.29. The van der Waals surface area contributed by atoms with Crippen LogP contribution in [0.1, 0.15) is 31.4 Å². The molecule has 0 saturated carbocycles. The fraction of sp³-hybridized carbons (Fsp3) is 0.316. The molecule has 1 amide bonds. The summed E-state index contributed by atoms with van der Waals surface area (Å²) in [6, 6.07) is 11.8. The van der Waals surface area contributed by atoms with E-state index in [1.807, 2.05) is 19.1 Å². The van der Waals surface area contributed by atoms with E-state index in [4.69, 9.17) is 4.74 Å². The molecule has 1 atom stereocenters. The largest absolute Gasteiger partial charge is 0.481 e. The van der Waals surface area contributed by atoms with Crippen LogP contribution in [0.2, 0.25) is 0 Å². The highest BCUT2D eigenvalue weighted by Gasteiger charge is 2.30. The number of alkyl halides is 3. The number of carbonyl (C=O) groups excluding carboxylic acids is 1. The number of halogens is 3. The Morgan fingerprint density at radius 2 is 1.64 bits per heavy atom. The molecule has 0 fully saturated rings. The van der Waals surface area contributed by atoms with Crippen molar-refractivity contribution >= 4 is 11.6 Å². The zero-order chi connectivity index (χ0) is 18.4. The number of anilines is 1. The summed E-state index contributed by atoms with van der Waals surface area (Å²) in [7, 11) is 0. The Morgan fingerprint density at radius 1 is 1.04 bits per heavy atom. The van der Waals surface area contributed by atoms with Gasteiger partial charge in [0, 0.05) is 5.69 Å². The van der Waals surface area contributed by atoms with Crippen LogP contribution < -0.4 is 10.1 Å². The molecule has 0 spiro atoms. The maximum absolute atomic E-state index is 12.6. The number of benzene rings is 2. The molecule has 0 radical (unpaired) electrons. The van der Waals surface area contributed by atoms with Crippen LogP contribution in [-0.2, 0) is 17.4 Å². The highest BCUT2D eigenvalue weighted by molar-refractivity contribution is 5.94. The molecule has 0 saturated heterocycles. The lowest BCUT2D eigenvalue weighted by Gasteiger charge is -2.18. The third-order valence-electron chi connectivity index (χ3n) is 3.75. The zero-order valence-corrected chi connectivity index (χ0v) is 14.1. The van der Waals surface area contributed by atoms with Crippen LogP contribution in [0.5, 0.6) is 5.75 Å². The lowest BCUT2D eigenvalue weighted by atomic mass is 10.1. The van der Waals surface area contributed by atoms with E-state index in [2.05, 4.69) is 5.32 Å². The van der Waals surface area contributed by atoms with Crippen molar-refractivity contribution in [2.75, 3.05) is 5.32 Å². The predicted octanol–water partition coefficient (Wildman–Crippen LogP) is 5.06. The number of hydrogen-bond acceptors (Lipinski definition) is 2. The summed E-state index contributed by atoms with van der Waals surface area (Å²) in [5, 5.41) is 2.58. The van der Waals surface area contributed by atoms with Gasteiger partial charge in [-0.3, -0.25) is 4.79 Å². The minimum Gasteiger partial charge on any atom is -0.481 e. The molecule has 1 N–H and O–H groups in total. The molecule has 3 nitrogen and oxygen atoms in total. The normalized spacial score (nSPS) is 12.5. The summed E-state index contributed by atoms with van der Waals surface area (Å²) >= 11 is 0. The van der Waals surface area contributed by atoms with Gasteiger partial charge in [0.2, 0.25) is 0 Å². The third-order valence-corrected chi connectivity index (χ3v) is 3.75. The minimum absolute atomic E-state index is 0.293. The Hall–Kier alpha value is -2.50. The summed E-state index contributed by atoms with van der Waals surface area (Å²) in [6.45, 7) is 3.85. The lowest BCUT2D eigenvalue weighted by Crippen LogP contribution is -2.32. The topological polar surface area (TPSA) is 38.3 Å². The molecule has 1 unspecified atom stereocenters. The minimum atomic E-state index is -4.40. The number of rotatable bonds is 6. The smallest absolute Gasteiger partial charge is 0.416 e. The van der Waals surface area contributed by atoms with Gasteiger partial charge in [0.05, 0.1) is 5.56 Å². The van der Waals surface area contributed by atoms with Crippen molar-refractivity contribution in [1.29, 1.82) is 0 Å². The van der Waals surface area contributed by atoms with E-state index in [1.165, 1.54) is 12.1 Å². The van der Waals surface area contributed by atoms with Crippen LogP contribution in [0.3, 0.4) is 0 Å². The molecule has 6 heteroatoms. The molecular formula is C19H20F3NO2. The molecule has 0 heterocycles. The van der Waals surface area contributed by atoms with E-state index in [-0.39, 0.29) is 0 Å². The lowest BCUT2D eigenvalue weighted by molar-refractivity contribution is -0.137. The predicted molar refractivity (Wildman–Crippen MR) is 90.6 cm³/mol. The second kappa shape index (κ2) is 8.05. The molecule has 2 aromatic rings. The summed E-state index contributed by atoms with van der Waals surface area (Å²) < 4.78 is 43.3. The Balaban J connectivity index is 2.01. The van der Waals surface area contributed by atoms with E-state index >= 15 is 0 Å². The zero-order valence-electron chi connectivity index (χ0n) is 14.1. The Bertz CT molecular complexity index is 694. The van der Waals surface area contributed by atoms with Gasteiger partial charge in [-0.05, 0) is 54.8 Å². The molecule has 0 aromatic heterocycles. The van der Waals surface area contributed by atoms with E-state index < -0.39 is 23.8 Å². The first kappa shape index (κ1) is 18.8. The van der Waals surface area contributed by atoms with E-state index in [0.717, 1.165) is 24.1 Å². The van der Waals surface area contributed by atoms with Crippen molar-refractivity contribution in [3.05, 3.63) is 59.7 Å². The van der Waals surface area contributed by atoms with Crippen molar-refractivity contribution in [1.82, 2.24) is 0 Å². The van der Waals surface area contributed by atoms with Crippen molar-refractivity contribution in [3.8, 4) is 5.75 Å². The van der Waals surface area contributed by atoms with Crippen LogP contribution >= 0.6 is 0 Å². The summed E-state index contributed by atoms with van der Waals surface area (Å²) in [5.74, 6) is 0.174.